The smallest absolute Gasteiger partial charge is 0.319 e. The maximum atomic E-state index is 12.1. The maximum absolute atomic E-state index is 12.1. The summed E-state index contributed by atoms with van der Waals surface area (Å²) in [6.45, 7) is 2.61. The fourth-order valence-electron chi connectivity index (χ4n) is 3.44. The topological polar surface area (TPSA) is 66.2 Å². The van der Waals surface area contributed by atoms with Gasteiger partial charge in [-0.1, -0.05) is 54.2 Å². The van der Waals surface area contributed by atoms with Crippen molar-refractivity contribution in [3.63, 3.8) is 0 Å². The lowest BCUT2D eigenvalue weighted by Gasteiger charge is -2.13. The molecule has 0 amide bonds. The van der Waals surface area contributed by atoms with E-state index < -0.39 is 0 Å². The molecule has 2 aromatic carbocycles. The molecule has 2 heterocycles. The fraction of sp³-hybridized carbons (Fsp3) is 0.318. The van der Waals surface area contributed by atoms with Crippen molar-refractivity contribution in [1.82, 2.24) is 14.8 Å². The zero-order valence-electron chi connectivity index (χ0n) is 16.4. The van der Waals surface area contributed by atoms with Crippen molar-refractivity contribution in [2.45, 2.75) is 42.8 Å². The summed E-state index contributed by atoms with van der Waals surface area (Å²) in [6.07, 6.45) is 1.45. The number of benzene rings is 2. The number of carbonyl (C=O) groups excluding carboxylic acids is 1. The number of ether oxygens (including phenoxy) is 2. The fourth-order valence-corrected chi connectivity index (χ4v) is 4.60. The predicted octanol–water partition coefficient (Wildman–Crippen LogP) is 3.99. The molecule has 3 aromatic rings. The SMILES string of the molecule is COc1ccccc1-c1nnc(SC2CC(C)OC2=O)n1CCc1ccccc1. The van der Waals surface area contributed by atoms with E-state index in [1.165, 1.54) is 17.3 Å². The van der Waals surface area contributed by atoms with E-state index in [1.807, 2.05) is 49.4 Å². The molecule has 0 spiro atoms. The minimum absolute atomic E-state index is 0.0608. The molecular formula is C22H23N3O3S. The third-order valence-corrected chi connectivity index (χ3v) is 6.09. The van der Waals surface area contributed by atoms with Crippen LogP contribution in [0.2, 0.25) is 0 Å². The second-order valence-corrected chi connectivity index (χ2v) is 8.15. The molecule has 1 aliphatic rings. The second-order valence-electron chi connectivity index (χ2n) is 6.98. The van der Waals surface area contributed by atoms with Crippen LogP contribution in [0.3, 0.4) is 0 Å². The molecule has 0 aliphatic carbocycles. The van der Waals surface area contributed by atoms with Gasteiger partial charge in [0.1, 0.15) is 17.1 Å². The molecule has 4 rings (SSSR count). The molecule has 150 valence electrons. The summed E-state index contributed by atoms with van der Waals surface area (Å²) >= 11 is 1.43. The molecule has 2 atom stereocenters. The molecule has 0 N–H and O–H groups in total. The number of methoxy groups -OCH3 is 1. The Morgan fingerprint density at radius 3 is 2.62 bits per heavy atom. The number of para-hydroxylation sites is 1. The highest BCUT2D eigenvalue weighted by Crippen LogP contribution is 2.35. The Kier molecular flexibility index (Phi) is 5.85. The van der Waals surface area contributed by atoms with Gasteiger partial charge in [0.2, 0.25) is 0 Å². The Labute approximate surface area is 174 Å². The zero-order chi connectivity index (χ0) is 20.2. The van der Waals surface area contributed by atoms with E-state index in [-0.39, 0.29) is 17.3 Å². The number of esters is 1. The van der Waals surface area contributed by atoms with Gasteiger partial charge in [0.25, 0.3) is 0 Å². The summed E-state index contributed by atoms with van der Waals surface area (Å²) in [7, 11) is 1.65. The monoisotopic (exact) mass is 409 g/mol. The lowest BCUT2D eigenvalue weighted by atomic mass is 10.1. The van der Waals surface area contributed by atoms with Crippen molar-refractivity contribution in [3.8, 4) is 17.1 Å². The molecule has 1 aliphatic heterocycles. The third-order valence-electron chi connectivity index (χ3n) is 4.91. The Balaban J connectivity index is 1.67. The number of cyclic esters (lactones) is 1. The predicted molar refractivity (Wildman–Crippen MR) is 112 cm³/mol. The molecule has 0 saturated carbocycles. The van der Waals surface area contributed by atoms with Crippen molar-refractivity contribution in [2.24, 2.45) is 0 Å². The molecule has 1 saturated heterocycles. The highest BCUT2D eigenvalue weighted by Gasteiger charge is 2.34. The third kappa shape index (κ3) is 4.29. The normalized spacial score (nSPS) is 18.6. The van der Waals surface area contributed by atoms with E-state index in [0.717, 1.165) is 28.7 Å². The number of aryl methyl sites for hydroxylation is 1. The number of aromatic nitrogens is 3. The molecule has 7 heteroatoms. The van der Waals surface area contributed by atoms with Gasteiger partial charge in [-0.15, -0.1) is 10.2 Å². The van der Waals surface area contributed by atoms with Gasteiger partial charge >= 0.3 is 5.97 Å². The molecule has 0 bridgehead atoms. The summed E-state index contributed by atoms with van der Waals surface area (Å²) in [5, 5.41) is 9.34. The lowest BCUT2D eigenvalue weighted by Crippen LogP contribution is -2.12. The van der Waals surface area contributed by atoms with Gasteiger partial charge in [0, 0.05) is 13.0 Å². The first-order valence-corrected chi connectivity index (χ1v) is 10.5. The van der Waals surface area contributed by atoms with Crippen molar-refractivity contribution < 1.29 is 14.3 Å². The molecule has 0 radical (unpaired) electrons. The molecule has 6 nitrogen and oxygen atoms in total. The Hall–Kier alpha value is -2.80. The number of carbonyl (C=O) groups is 1. The summed E-state index contributed by atoms with van der Waals surface area (Å²) in [5.41, 5.74) is 2.11. The highest BCUT2D eigenvalue weighted by atomic mass is 32.2. The van der Waals surface area contributed by atoms with Gasteiger partial charge in [-0.05, 0) is 31.0 Å². The molecule has 1 fully saturated rings. The molecule has 1 aromatic heterocycles. The van der Waals surface area contributed by atoms with Crippen LogP contribution in [-0.4, -0.2) is 39.2 Å². The van der Waals surface area contributed by atoms with Crippen LogP contribution in [0.15, 0.2) is 59.8 Å². The lowest BCUT2D eigenvalue weighted by molar-refractivity contribution is -0.140. The van der Waals surface area contributed by atoms with E-state index in [1.54, 1.807) is 7.11 Å². The van der Waals surface area contributed by atoms with E-state index in [2.05, 4.69) is 26.9 Å². The van der Waals surface area contributed by atoms with Crippen LogP contribution in [0, 0.1) is 0 Å². The van der Waals surface area contributed by atoms with Gasteiger partial charge in [0.15, 0.2) is 11.0 Å². The van der Waals surface area contributed by atoms with Crippen LogP contribution in [0.1, 0.15) is 18.9 Å². The standard InChI is InChI=1S/C22H23N3O3S/c1-15-14-19(21(26)28-15)29-22-24-23-20(17-10-6-7-11-18(17)27-2)25(22)13-12-16-8-4-3-5-9-16/h3-11,15,19H,12-14H2,1-2H3. The highest BCUT2D eigenvalue weighted by molar-refractivity contribution is 8.00. The van der Waals surface area contributed by atoms with Gasteiger partial charge in [-0.25, -0.2) is 0 Å². The Morgan fingerprint density at radius 2 is 1.90 bits per heavy atom. The maximum Gasteiger partial charge on any atom is 0.319 e. The van der Waals surface area contributed by atoms with E-state index in [9.17, 15) is 4.79 Å². The first kappa shape index (κ1) is 19.5. The zero-order valence-corrected chi connectivity index (χ0v) is 17.3. The van der Waals surface area contributed by atoms with Crippen LogP contribution < -0.4 is 4.74 Å². The van der Waals surface area contributed by atoms with Gasteiger partial charge in [0.05, 0.1) is 12.7 Å². The first-order valence-electron chi connectivity index (χ1n) is 9.63. The summed E-state index contributed by atoms with van der Waals surface area (Å²) < 4.78 is 12.9. The van der Waals surface area contributed by atoms with Crippen molar-refractivity contribution in [3.05, 3.63) is 60.2 Å². The molecule has 2 unspecified atom stereocenters. The van der Waals surface area contributed by atoms with Crippen LogP contribution in [0.25, 0.3) is 11.4 Å². The van der Waals surface area contributed by atoms with Crippen molar-refractivity contribution in [2.75, 3.05) is 7.11 Å². The second kappa shape index (κ2) is 8.69. The van der Waals surface area contributed by atoms with E-state index in [4.69, 9.17) is 9.47 Å². The van der Waals surface area contributed by atoms with E-state index in [0.29, 0.717) is 13.0 Å². The van der Waals surface area contributed by atoms with Gasteiger partial charge in [-0.3, -0.25) is 4.79 Å². The van der Waals surface area contributed by atoms with Crippen LogP contribution in [-0.2, 0) is 22.5 Å². The average Bonchev–Trinajstić information content (AvgIpc) is 3.29. The first-order chi connectivity index (χ1) is 14.2. The average molecular weight is 410 g/mol. The molecule has 29 heavy (non-hydrogen) atoms. The number of nitrogens with zero attached hydrogens (tertiary/aromatic N) is 3. The largest absolute Gasteiger partial charge is 0.496 e. The van der Waals surface area contributed by atoms with Crippen LogP contribution >= 0.6 is 11.8 Å². The van der Waals surface area contributed by atoms with Crippen LogP contribution in [0.4, 0.5) is 0 Å². The summed E-state index contributed by atoms with van der Waals surface area (Å²) in [6, 6.07) is 18.1. The minimum atomic E-state index is -0.254. The Morgan fingerprint density at radius 1 is 1.14 bits per heavy atom. The number of hydrogen-bond donors (Lipinski definition) is 0. The van der Waals surface area contributed by atoms with Crippen molar-refractivity contribution >= 4 is 17.7 Å². The quantitative estimate of drug-likeness (QED) is 0.550. The number of hydrogen-bond acceptors (Lipinski definition) is 6. The minimum Gasteiger partial charge on any atom is -0.496 e. The molecular weight excluding hydrogens is 386 g/mol. The van der Waals surface area contributed by atoms with Gasteiger partial charge < -0.3 is 14.0 Å². The Bertz CT molecular complexity index is 990. The summed E-state index contributed by atoms with van der Waals surface area (Å²) in [4.78, 5) is 12.1. The van der Waals surface area contributed by atoms with Gasteiger partial charge in [-0.2, -0.15) is 0 Å². The van der Waals surface area contributed by atoms with Crippen LogP contribution in [0.5, 0.6) is 5.75 Å². The van der Waals surface area contributed by atoms with E-state index >= 15 is 0 Å². The summed E-state index contributed by atoms with van der Waals surface area (Å²) in [5.74, 6) is 1.30. The van der Waals surface area contributed by atoms with Crippen molar-refractivity contribution in [1.29, 1.82) is 0 Å². The number of rotatable bonds is 7. The number of thioether (sulfide) groups is 1.